The lowest BCUT2D eigenvalue weighted by Gasteiger charge is -2.21. The molecule has 2 aromatic carbocycles. The number of Topliss-reactive ketones (excluding diaryl/α,β-unsaturated/α-hetero) is 1. The van der Waals surface area contributed by atoms with Crippen LogP contribution in [-0.2, 0) is 11.2 Å². The molecule has 0 spiro atoms. The van der Waals surface area contributed by atoms with Crippen molar-refractivity contribution in [2.75, 3.05) is 0 Å². The third-order valence-corrected chi connectivity index (χ3v) is 3.43. The van der Waals surface area contributed by atoms with E-state index in [2.05, 4.69) is 0 Å². The van der Waals surface area contributed by atoms with Gasteiger partial charge in [0.05, 0.1) is 6.04 Å². The molecule has 0 heterocycles. The molecule has 0 fully saturated rings. The Bertz CT molecular complexity index is 612. The van der Waals surface area contributed by atoms with Crippen molar-refractivity contribution in [1.82, 2.24) is 0 Å². The predicted octanol–water partition coefficient (Wildman–Crippen LogP) is 3.96. The van der Waals surface area contributed by atoms with Crippen molar-refractivity contribution in [3.8, 4) is 11.5 Å². The first-order chi connectivity index (χ1) is 10.4. The Labute approximate surface area is 132 Å². The zero-order valence-electron chi connectivity index (χ0n) is 13.4. The molecule has 0 aromatic heterocycles. The van der Waals surface area contributed by atoms with Crippen LogP contribution in [0.3, 0.4) is 0 Å². The van der Waals surface area contributed by atoms with Gasteiger partial charge in [0.15, 0.2) is 5.78 Å². The quantitative estimate of drug-likeness (QED) is 0.908. The van der Waals surface area contributed by atoms with Gasteiger partial charge in [0, 0.05) is 5.41 Å². The Hall–Kier alpha value is -2.13. The molecule has 3 heteroatoms. The van der Waals surface area contributed by atoms with Crippen LogP contribution in [0.1, 0.15) is 26.3 Å². The van der Waals surface area contributed by atoms with Gasteiger partial charge in [0.1, 0.15) is 11.5 Å². The molecule has 2 rings (SSSR count). The molecule has 22 heavy (non-hydrogen) atoms. The van der Waals surface area contributed by atoms with Crippen LogP contribution in [0.2, 0.25) is 0 Å². The Balaban J connectivity index is 1.99. The summed E-state index contributed by atoms with van der Waals surface area (Å²) in [6, 6.07) is 16.9. The molecule has 0 aliphatic heterocycles. The van der Waals surface area contributed by atoms with E-state index in [9.17, 15) is 4.79 Å². The van der Waals surface area contributed by atoms with Crippen LogP contribution < -0.4 is 10.5 Å². The van der Waals surface area contributed by atoms with Crippen molar-refractivity contribution in [3.05, 3.63) is 60.2 Å². The van der Waals surface area contributed by atoms with Crippen LogP contribution in [-0.4, -0.2) is 11.8 Å². The van der Waals surface area contributed by atoms with Crippen molar-refractivity contribution in [2.24, 2.45) is 11.1 Å². The Kier molecular flexibility index (Phi) is 4.99. The number of carbonyl (C=O) groups excluding carboxylic acids is 1. The molecular formula is C19H23NO2. The normalized spacial score (nSPS) is 12.7. The van der Waals surface area contributed by atoms with Gasteiger partial charge in [0.25, 0.3) is 0 Å². The maximum absolute atomic E-state index is 12.1. The van der Waals surface area contributed by atoms with E-state index >= 15 is 0 Å². The van der Waals surface area contributed by atoms with Crippen LogP contribution in [0.25, 0.3) is 0 Å². The molecule has 0 saturated heterocycles. The highest BCUT2D eigenvalue weighted by atomic mass is 16.5. The van der Waals surface area contributed by atoms with Crippen LogP contribution in [0.4, 0.5) is 0 Å². The standard InChI is InChI=1S/C19H23NO2/c1-19(2,3)18(21)17(20)13-14-9-11-16(12-10-14)22-15-7-5-4-6-8-15/h4-12,17H,13,20H2,1-3H3. The third-order valence-electron chi connectivity index (χ3n) is 3.43. The Morgan fingerprint density at radius 2 is 1.55 bits per heavy atom. The number of rotatable bonds is 5. The fourth-order valence-electron chi connectivity index (χ4n) is 2.22. The first-order valence-electron chi connectivity index (χ1n) is 7.48. The molecule has 2 N–H and O–H groups in total. The van der Waals surface area contributed by atoms with E-state index in [1.165, 1.54) is 0 Å². The molecule has 3 nitrogen and oxygen atoms in total. The molecule has 116 valence electrons. The summed E-state index contributed by atoms with van der Waals surface area (Å²) in [6.07, 6.45) is 0.543. The number of carbonyl (C=O) groups is 1. The number of hydrogen-bond donors (Lipinski definition) is 1. The molecule has 0 radical (unpaired) electrons. The number of nitrogens with two attached hydrogens (primary N) is 1. The Morgan fingerprint density at radius 1 is 1.00 bits per heavy atom. The average Bonchev–Trinajstić information content (AvgIpc) is 2.48. The minimum Gasteiger partial charge on any atom is -0.457 e. The average molecular weight is 297 g/mol. The van der Waals surface area contributed by atoms with E-state index in [0.717, 1.165) is 17.1 Å². The molecule has 1 atom stereocenters. The summed E-state index contributed by atoms with van der Waals surface area (Å²) in [5.41, 5.74) is 6.64. The van der Waals surface area contributed by atoms with Crippen LogP contribution in [0.5, 0.6) is 11.5 Å². The highest BCUT2D eigenvalue weighted by molar-refractivity contribution is 5.88. The number of para-hydroxylation sites is 1. The second-order valence-electron chi connectivity index (χ2n) is 6.48. The second-order valence-corrected chi connectivity index (χ2v) is 6.48. The summed E-state index contributed by atoms with van der Waals surface area (Å²) in [5.74, 6) is 1.65. The largest absolute Gasteiger partial charge is 0.457 e. The molecule has 0 saturated carbocycles. The number of hydrogen-bond acceptors (Lipinski definition) is 3. The van der Waals surface area contributed by atoms with Gasteiger partial charge in [-0.05, 0) is 36.2 Å². The summed E-state index contributed by atoms with van der Waals surface area (Å²) >= 11 is 0. The molecular weight excluding hydrogens is 274 g/mol. The third kappa shape index (κ3) is 4.43. The summed E-state index contributed by atoms with van der Waals surface area (Å²) in [7, 11) is 0. The van der Waals surface area contributed by atoms with Gasteiger partial charge in [0.2, 0.25) is 0 Å². The van der Waals surface area contributed by atoms with Crippen LogP contribution in [0.15, 0.2) is 54.6 Å². The second kappa shape index (κ2) is 6.75. The van der Waals surface area contributed by atoms with E-state index in [1.807, 2.05) is 75.4 Å². The van der Waals surface area contributed by atoms with Crippen molar-refractivity contribution in [1.29, 1.82) is 0 Å². The van der Waals surface area contributed by atoms with Crippen LogP contribution in [0, 0.1) is 5.41 Å². The summed E-state index contributed by atoms with van der Waals surface area (Å²) in [6.45, 7) is 5.68. The SMILES string of the molecule is CC(C)(C)C(=O)C(N)Cc1ccc(Oc2ccccc2)cc1. The summed E-state index contributed by atoms with van der Waals surface area (Å²) in [4.78, 5) is 12.1. The van der Waals surface area contributed by atoms with Gasteiger partial charge >= 0.3 is 0 Å². The summed E-state index contributed by atoms with van der Waals surface area (Å²) < 4.78 is 5.74. The molecule has 1 unspecified atom stereocenters. The maximum Gasteiger partial charge on any atom is 0.155 e. The van der Waals surface area contributed by atoms with Crippen LogP contribution >= 0.6 is 0 Å². The van der Waals surface area contributed by atoms with Crippen molar-refractivity contribution in [3.63, 3.8) is 0 Å². The fourth-order valence-corrected chi connectivity index (χ4v) is 2.22. The lowest BCUT2D eigenvalue weighted by molar-refractivity contribution is -0.127. The monoisotopic (exact) mass is 297 g/mol. The molecule has 0 amide bonds. The molecule has 0 aliphatic rings. The van der Waals surface area contributed by atoms with Crippen molar-refractivity contribution in [2.45, 2.75) is 33.2 Å². The maximum atomic E-state index is 12.1. The lowest BCUT2D eigenvalue weighted by Crippen LogP contribution is -2.40. The van der Waals surface area contributed by atoms with Gasteiger partial charge < -0.3 is 10.5 Å². The topological polar surface area (TPSA) is 52.3 Å². The van der Waals surface area contributed by atoms with Gasteiger partial charge in [-0.15, -0.1) is 0 Å². The van der Waals surface area contributed by atoms with E-state index in [-0.39, 0.29) is 5.78 Å². The zero-order valence-corrected chi connectivity index (χ0v) is 13.4. The summed E-state index contributed by atoms with van der Waals surface area (Å²) in [5, 5.41) is 0. The van der Waals surface area contributed by atoms with E-state index in [1.54, 1.807) is 0 Å². The van der Waals surface area contributed by atoms with Gasteiger partial charge in [-0.3, -0.25) is 4.79 Å². The zero-order chi connectivity index (χ0) is 16.2. The molecule has 0 bridgehead atoms. The highest BCUT2D eigenvalue weighted by Gasteiger charge is 2.26. The number of benzene rings is 2. The van der Waals surface area contributed by atoms with E-state index < -0.39 is 11.5 Å². The van der Waals surface area contributed by atoms with Gasteiger partial charge in [-0.2, -0.15) is 0 Å². The lowest BCUT2D eigenvalue weighted by atomic mass is 9.85. The van der Waals surface area contributed by atoms with Gasteiger partial charge in [-0.25, -0.2) is 0 Å². The first-order valence-corrected chi connectivity index (χ1v) is 7.48. The van der Waals surface area contributed by atoms with E-state index in [0.29, 0.717) is 6.42 Å². The number of ether oxygens (including phenoxy) is 1. The fraction of sp³-hybridized carbons (Fsp3) is 0.316. The van der Waals surface area contributed by atoms with E-state index in [4.69, 9.17) is 10.5 Å². The van der Waals surface area contributed by atoms with Crippen molar-refractivity contribution >= 4 is 5.78 Å². The number of ketones is 1. The predicted molar refractivity (Wildman–Crippen MR) is 89.1 cm³/mol. The minimum atomic E-state index is -0.471. The first kappa shape index (κ1) is 16.2. The molecule has 0 aliphatic carbocycles. The molecule has 2 aromatic rings. The highest BCUT2D eigenvalue weighted by Crippen LogP contribution is 2.22. The Morgan fingerprint density at radius 3 is 2.09 bits per heavy atom. The van der Waals surface area contributed by atoms with Crippen molar-refractivity contribution < 1.29 is 9.53 Å². The smallest absolute Gasteiger partial charge is 0.155 e. The van der Waals surface area contributed by atoms with Gasteiger partial charge in [-0.1, -0.05) is 51.1 Å². The minimum absolute atomic E-state index is 0.0807.